The van der Waals surface area contributed by atoms with Crippen molar-refractivity contribution in [3.63, 3.8) is 0 Å². The smallest absolute Gasteiger partial charge is 0.227 e. The highest BCUT2D eigenvalue weighted by molar-refractivity contribution is 7.99. The van der Waals surface area contributed by atoms with E-state index in [-0.39, 0.29) is 11.7 Å². The number of rotatable bonds is 7. The van der Waals surface area contributed by atoms with Gasteiger partial charge in [0, 0.05) is 22.6 Å². The number of carbonyl (C=O) groups is 1. The van der Waals surface area contributed by atoms with Gasteiger partial charge in [-0.1, -0.05) is 18.2 Å². The molecule has 0 aliphatic rings. The molecule has 0 aliphatic carbocycles. The van der Waals surface area contributed by atoms with E-state index in [4.69, 9.17) is 4.42 Å². The maximum Gasteiger partial charge on any atom is 0.227 e. The molecule has 0 saturated heterocycles. The van der Waals surface area contributed by atoms with Crippen LogP contribution >= 0.6 is 11.8 Å². The average molecular weight is 406 g/mol. The average Bonchev–Trinajstić information content (AvgIpc) is 3.17. The predicted octanol–water partition coefficient (Wildman–Crippen LogP) is 6.14. The van der Waals surface area contributed by atoms with E-state index in [1.807, 2.05) is 48.5 Å². The highest BCUT2D eigenvalue weighted by Gasteiger charge is 2.09. The lowest BCUT2D eigenvalue weighted by Crippen LogP contribution is -2.11. The highest BCUT2D eigenvalue weighted by Crippen LogP contribution is 2.26. The fraction of sp³-hybridized carbons (Fsp3) is 0.130. The number of oxazole rings is 1. The van der Waals surface area contributed by atoms with Crippen molar-refractivity contribution in [1.82, 2.24) is 4.98 Å². The molecule has 1 heterocycles. The number of hydrogen-bond acceptors (Lipinski definition) is 4. The molecule has 4 rings (SSSR count). The summed E-state index contributed by atoms with van der Waals surface area (Å²) in [5, 5.41) is 2.92. The second-order valence-electron chi connectivity index (χ2n) is 6.52. The number of aromatic nitrogens is 1. The number of para-hydroxylation sites is 2. The quantitative estimate of drug-likeness (QED) is 0.296. The van der Waals surface area contributed by atoms with Crippen LogP contribution in [0, 0.1) is 5.82 Å². The Balaban J connectivity index is 1.31. The number of halogens is 1. The van der Waals surface area contributed by atoms with E-state index in [9.17, 15) is 9.18 Å². The summed E-state index contributed by atoms with van der Waals surface area (Å²) in [7, 11) is 0. The predicted molar refractivity (Wildman–Crippen MR) is 114 cm³/mol. The van der Waals surface area contributed by atoms with E-state index < -0.39 is 0 Å². The Kier molecular flexibility index (Phi) is 5.91. The molecule has 0 aliphatic heterocycles. The molecule has 0 saturated carbocycles. The number of hydrogen-bond donors (Lipinski definition) is 1. The van der Waals surface area contributed by atoms with Crippen LogP contribution in [0.3, 0.4) is 0 Å². The molecule has 29 heavy (non-hydrogen) atoms. The Bertz CT molecular complexity index is 1090. The van der Waals surface area contributed by atoms with Gasteiger partial charge >= 0.3 is 0 Å². The molecular weight excluding hydrogens is 387 g/mol. The van der Waals surface area contributed by atoms with E-state index in [1.165, 1.54) is 12.1 Å². The SMILES string of the molecule is O=C(CCCSc1ccc(F)cc1)Nc1cccc(-c2nc3ccccc3o2)c1. The van der Waals surface area contributed by atoms with Crippen molar-refractivity contribution >= 4 is 34.5 Å². The molecule has 0 bridgehead atoms. The number of fused-ring (bicyclic) bond motifs is 1. The molecule has 0 radical (unpaired) electrons. The fourth-order valence-corrected chi connectivity index (χ4v) is 3.76. The first-order valence-corrected chi connectivity index (χ1v) is 10.3. The summed E-state index contributed by atoms with van der Waals surface area (Å²) in [5.74, 6) is 1.04. The number of amides is 1. The Morgan fingerprint density at radius 2 is 1.86 bits per heavy atom. The first kappa shape index (κ1) is 19.2. The van der Waals surface area contributed by atoms with Crippen LogP contribution in [0.5, 0.6) is 0 Å². The lowest BCUT2D eigenvalue weighted by Gasteiger charge is -2.06. The number of nitrogens with one attached hydrogen (secondary N) is 1. The van der Waals surface area contributed by atoms with Crippen LogP contribution in [0.1, 0.15) is 12.8 Å². The maximum atomic E-state index is 12.9. The van der Waals surface area contributed by atoms with E-state index >= 15 is 0 Å². The topological polar surface area (TPSA) is 55.1 Å². The zero-order valence-electron chi connectivity index (χ0n) is 15.6. The van der Waals surface area contributed by atoms with Gasteiger partial charge in [0.15, 0.2) is 5.58 Å². The molecule has 6 heteroatoms. The summed E-state index contributed by atoms with van der Waals surface area (Å²) in [5.41, 5.74) is 3.05. The van der Waals surface area contributed by atoms with Crippen LogP contribution in [-0.4, -0.2) is 16.6 Å². The van der Waals surface area contributed by atoms with Crippen molar-refractivity contribution in [2.24, 2.45) is 0 Å². The van der Waals surface area contributed by atoms with Crippen LogP contribution in [0.25, 0.3) is 22.6 Å². The summed E-state index contributed by atoms with van der Waals surface area (Å²) in [6.45, 7) is 0. The Labute approximate surface area is 172 Å². The van der Waals surface area contributed by atoms with Crippen LogP contribution in [0.4, 0.5) is 10.1 Å². The molecular formula is C23H19FN2O2S. The molecule has 3 aromatic carbocycles. The third-order valence-electron chi connectivity index (χ3n) is 4.32. The molecule has 1 N–H and O–H groups in total. The van der Waals surface area contributed by atoms with Gasteiger partial charge in [-0.2, -0.15) is 0 Å². The van der Waals surface area contributed by atoms with Gasteiger partial charge in [0.2, 0.25) is 11.8 Å². The molecule has 4 nitrogen and oxygen atoms in total. The Morgan fingerprint density at radius 1 is 1.03 bits per heavy atom. The molecule has 4 aromatic rings. The van der Waals surface area contributed by atoms with Crippen molar-refractivity contribution in [3.05, 3.63) is 78.6 Å². The molecule has 146 valence electrons. The molecule has 1 amide bonds. The second kappa shape index (κ2) is 8.92. The van der Waals surface area contributed by atoms with Gasteiger partial charge in [-0.05, 0) is 66.8 Å². The molecule has 0 fully saturated rings. The lowest BCUT2D eigenvalue weighted by molar-refractivity contribution is -0.116. The van der Waals surface area contributed by atoms with E-state index in [0.717, 1.165) is 33.7 Å². The van der Waals surface area contributed by atoms with E-state index in [2.05, 4.69) is 10.3 Å². The fourth-order valence-electron chi connectivity index (χ4n) is 2.90. The van der Waals surface area contributed by atoms with Gasteiger partial charge in [-0.25, -0.2) is 9.37 Å². The summed E-state index contributed by atoms with van der Waals surface area (Å²) in [6, 6.07) is 21.4. The largest absolute Gasteiger partial charge is 0.436 e. The molecule has 1 aromatic heterocycles. The minimum absolute atomic E-state index is 0.0422. The summed E-state index contributed by atoms with van der Waals surface area (Å²) in [6.07, 6.45) is 1.15. The molecule has 0 spiro atoms. The third-order valence-corrected chi connectivity index (χ3v) is 5.42. The van der Waals surface area contributed by atoms with Crippen LogP contribution in [0.2, 0.25) is 0 Å². The van der Waals surface area contributed by atoms with E-state index in [0.29, 0.717) is 18.0 Å². The van der Waals surface area contributed by atoms with Gasteiger partial charge < -0.3 is 9.73 Å². The zero-order valence-corrected chi connectivity index (χ0v) is 16.4. The lowest BCUT2D eigenvalue weighted by atomic mass is 10.2. The van der Waals surface area contributed by atoms with Crippen molar-refractivity contribution in [3.8, 4) is 11.5 Å². The minimum atomic E-state index is -0.242. The van der Waals surface area contributed by atoms with Gasteiger partial charge in [0.1, 0.15) is 11.3 Å². The summed E-state index contributed by atoms with van der Waals surface area (Å²) in [4.78, 5) is 17.7. The molecule has 0 atom stereocenters. The van der Waals surface area contributed by atoms with Crippen molar-refractivity contribution in [2.75, 3.05) is 11.1 Å². The number of anilines is 1. The first-order chi connectivity index (χ1) is 14.2. The van der Waals surface area contributed by atoms with Gasteiger partial charge in [0.05, 0.1) is 0 Å². The molecule has 0 unspecified atom stereocenters. The Hall–Kier alpha value is -3.12. The van der Waals surface area contributed by atoms with Crippen molar-refractivity contribution < 1.29 is 13.6 Å². The van der Waals surface area contributed by atoms with Crippen LogP contribution in [-0.2, 0) is 4.79 Å². The number of carbonyl (C=O) groups excluding carboxylic acids is 1. The normalized spacial score (nSPS) is 10.9. The summed E-state index contributed by atoms with van der Waals surface area (Å²) >= 11 is 1.61. The third kappa shape index (κ3) is 5.03. The summed E-state index contributed by atoms with van der Waals surface area (Å²) < 4.78 is 18.7. The van der Waals surface area contributed by atoms with E-state index in [1.54, 1.807) is 23.9 Å². The van der Waals surface area contributed by atoms with Gasteiger partial charge in [0.25, 0.3) is 0 Å². The van der Waals surface area contributed by atoms with Crippen molar-refractivity contribution in [1.29, 1.82) is 0 Å². The van der Waals surface area contributed by atoms with Gasteiger partial charge in [-0.3, -0.25) is 4.79 Å². The minimum Gasteiger partial charge on any atom is -0.436 e. The standard InChI is InChI=1S/C23H19FN2O2S/c24-17-10-12-19(13-11-17)29-14-4-9-22(27)25-18-6-3-5-16(15-18)23-26-20-7-1-2-8-21(20)28-23/h1-3,5-8,10-13,15H,4,9,14H2,(H,25,27). The monoisotopic (exact) mass is 406 g/mol. The number of nitrogens with zero attached hydrogens (tertiary/aromatic N) is 1. The van der Waals surface area contributed by atoms with Gasteiger partial charge in [-0.15, -0.1) is 11.8 Å². The van der Waals surface area contributed by atoms with Crippen LogP contribution < -0.4 is 5.32 Å². The maximum absolute atomic E-state index is 12.9. The number of benzene rings is 3. The first-order valence-electron chi connectivity index (χ1n) is 9.32. The second-order valence-corrected chi connectivity index (χ2v) is 7.69. The zero-order chi connectivity index (χ0) is 20.1. The highest BCUT2D eigenvalue weighted by atomic mass is 32.2. The Morgan fingerprint density at radius 3 is 2.69 bits per heavy atom. The van der Waals surface area contributed by atoms with Crippen LogP contribution in [0.15, 0.2) is 82.1 Å². The number of thioether (sulfide) groups is 1. The van der Waals surface area contributed by atoms with Crippen molar-refractivity contribution in [2.45, 2.75) is 17.7 Å².